The Labute approximate surface area is 120 Å². The molecule has 0 bridgehead atoms. The van der Waals surface area contributed by atoms with Crippen LogP contribution in [-0.2, 0) is 6.54 Å². The van der Waals surface area contributed by atoms with Crippen molar-refractivity contribution in [3.05, 3.63) is 29.8 Å². The first kappa shape index (κ1) is 16.3. The quantitative estimate of drug-likeness (QED) is 0.748. The number of carbonyl (C=O) groups is 1. The average molecular weight is 280 g/mol. The van der Waals surface area contributed by atoms with E-state index in [1.807, 2.05) is 24.3 Å². The van der Waals surface area contributed by atoms with Crippen molar-refractivity contribution in [2.45, 2.75) is 33.4 Å². The van der Waals surface area contributed by atoms with Gasteiger partial charge in [0.2, 0.25) is 0 Å². The molecule has 112 valence electrons. The lowest BCUT2D eigenvalue weighted by Crippen LogP contribution is -2.48. The Morgan fingerprint density at radius 3 is 2.35 bits per heavy atom. The van der Waals surface area contributed by atoms with Gasteiger partial charge in [0.1, 0.15) is 5.75 Å². The van der Waals surface area contributed by atoms with E-state index in [9.17, 15) is 4.79 Å². The third-order valence-corrected chi connectivity index (χ3v) is 3.21. The van der Waals surface area contributed by atoms with Gasteiger partial charge in [-0.15, -0.1) is 0 Å². The Bertz CT molecular complexity index is 424. The Hall–Kier alpha value is -1.75. The van der Waals surface area contributed by atoms with Gasteiger partial charge in [-0.3, -0.25) is 0 Å². The van der Waals surface area contributed by atoms with E-state index in [4.69, 9.17) is 9.84 Å². The highest BCUT2D eigenvalue weighted by molar-refractivity contribution is 5.64. The van der Waals surface area contributed by atoms with Gasteiger partial charge in [-0.1, -0.05) is 32.9 Å². The monoisotopic (exact) mass is 280 g/mol. The van der Waals surface area contributed by atoms with E-state index >= 15 is 0 Å². The van der Waals surface area contributed by atoms with E-state index in [1.54, 1.807) is 7.11 Å². The first-order valence-corrected chi connectivity index (χ1v) is 6.66. The number of methoxy groups -OCH3 is 1. The highest BCUT2D eigenvalue weighted by Crippen LogP contribution is 2.19. The normalized spacial score (nSPS) is 12.8. The molecule has 1 aromatic carbocycles. The SMILES string of the molecule is COc1ccc(CNC(CNC(=O)O)C(C)(C)C)cc1. The number of carboxylic acid groups (broad SMARTS) is 1. The third-order valence-electron chi connectivity index (χ3n) is 3.21. The van der Waals surface area contributed by atoms with Crippen LogP contribution in [0.1, 0.15) is 26.3 Å². The fourth-order valence-electron chi connectivity index (χ4n) is 1.86. The molecule has 20 heavy (non-hydrogen) atoms. The van der Waals surface area contributed by atoms with Crippen LogP contribution in [0.4, 0.5) is 4.79 Å². The number of rotatable bonds is 6. The molecule has 0 aromatic heterocycles. The van der Waals surface area contributed by atoms with Crippen molar-refractivity contribution in [2.75, 3.05) is 13.7 Å². The van der Waals surface area contributed by atoms with Crippen LogP contribution >= 0.6 is 0 Å². The highest BCUT2D eigenvalue weighted by Gasteiger charge is 2.24. The van der Waals surface area contributed by atoms with Crippen molar-refractivity contribution in [1.82, 2.24) is 10.6 Å². The molecule has 0 heterocycles. The summed E-state index contributed by atoms with van der Waals surface area (Å²) in [6.07, 6.45) is -0.995. The Morgan fingerprint density at radius 2 is 1.90 bits per heavy atom. The fraction of sp³-hybridized carbons (Fsp3) is 0.533. The fourth-order valence-corrected chi connectivity index (χ4v) is 1.86. The van der Waals surface area contributed by atoms with Gasteiger partial charge in [0.05, 0.1) is 7.11 Å². The van der Waals surface area contributed by atoms with Gasteiger partial charge in [0, 0.05) is 19.1 Å². The maximum atomic E-state index is 10.6. The minimum absolute atomic E-state index is 0.0328. The second-order valence-electron chi connectivity index (χ2n) is 5.83. The number of hydrogen-bond acceptors (Lipinski definition) is 3. The molecule has 0 radical (unpaired) electrons. The van der Waals surface area contributed by atoms with Crippen LogP contribution in [-0.4, -0.2) is 30.9 Å². The predicted octanol–water partition coefficient (Wildman–Crippen LogP) is 2.47. The lowest BCUT2D eigenvalue weighted by Gasteiger charge is -2.31. The average Bonchev–Trinajstić information content (AvgIpc) is 2.37. The van der Waals surface area contributed by atoms with Crippen LogP contribution in [0, 0.1) is 5.41 Å². The summed E-state index contributed by atoms with van der Waals surface area (Å²) >= 11 is 0. The zero-order valence-corrected chi connectivity index (χ0v) is 12.6. The molecule has 5 nitrogen and oxygen atoms in total. The van der Waals surface area contributed by atoms with Crippen LogP contribution in [0.5, 0.6) is 5.75 Å². The van der Waals surface area contributed by atoms with Gasteiger partial charge in [-0.05, 0) is 23.1 Å². The maximum Gasteiger partial charge on any atom is 0.404 e. The van der Waals surface area contributed by atoms with Crippen molar-refractivity contribution in [1.29, 1.82) is 0 Å². The summed E-state index contributed by atoms with van der Waals surface area (Å²) in [5.74, 6) is 0.827. The van der Waals surface area contributed by atoms with Crippen molar-refractivity contribution >= 4 is 6.09 Å². The molecule has 0 fully saturated rings. The first-order valence-electron chi connectivity index (χ1n) is 6.66. The van der Waals surface area contributed by atoms with Crippen LogP contribution in [0.3, 0.4) is 0 Å². The Balaban J connectivity index is 2.58. The summed E-state index contributed by atoms with van der Waals surface area (Å²) in [4.78, 5) is 10.6. The van der Waals surface area contributed by atoms with Gasteiger partial charge < -0.3 is 20.5 Å². The van der Waals surface area contributed by atoms with E-state index in [0.717, 1.165) is 11.3 Å². The molecular formula is C15H24N2O3. The molecule has 0 saturated heterocycles. The molecular weight excluding hydrogens is 256 g/mol. The summed E-state index contributed by atoms with van der Waals surface area (Å²) in [6.45, 7) is 7.33. The van der Waals surface area contributed by atoms with Crippen LogP contribution < -0.4 is 15.4 Å². The molecule has 1 rings (SSSR count). The zero-order chi connectivity index (χ0) is 15.2. The van der Waals surface area contributed by atoms with Crippen molar-refractivity contribution in [2.24, 2.45) is 5.41 Å². The molecule has 1 atom stereocenters. The molecule has 1 amide bonds. The van der Waals surface area contributed by atoms with Gasteiger partial charge >= 0.3 is 6.09 Å². The topological polar surface area (TPSA) is 70.6 Å². The molecule has 0 aliphatic rings. The van der Waals surface area contributed by atoms with Crippen molar-refractivity contribution in [3.8, 4) is 5.75 Å². The van der Waals surface area contributed by atoms with E-state index in [-0.39, 0.29) is 11.5 Å². The first-order chi connectivity index (χ1) is 9.32. The minimum atomic E-state index is -0.995. The number of nitrogens with one attached hydrogen (secondary N) is 2. The molecule has 0 spiro atoms. The summed E-state index contributed by atoms with van der Waals surface area (Å²) < 4.78 is 5.12. The molecule has 0 aliphatic carbocycles. The molecule has 0 saturated carbocycles. The molecule has 0 aliphatic heterocycles. The standard InChI is InChI=1S/C15H24N2O3/c1-15(2,3)13(10-17-14(18)19)16-9-11-5-7-12(20-4)8-6-11/h5-8,13,16-17H,9-10H2,1-4H3,(H,18,19). The van der Waals surface area contributed by atoms with Gasteiger partial charge in [0.25, 0.3) is 0 Å². The Kier molecular flexibility index (Phi) is 5.82. The van der Waals surface area contributed by atoms with Crippen LogP contribution in [0.15, 0.2) is 24.3 Å². The smallest absolute Gasteiger partial charge is 0.404 e. The molecule has 3 N–H and O–H groups in total. The number of hydrogen-bond donors (Lipinski definition) is 3. The lowest BCUT2D eigenvalue weighted by atomic mass is 9.86. The minimum Gasteiger partial charge on any atom is -0.497 e. The van der Waals surface area contributed by atoms with Gasteiger partial charge in [-0.2, -0.15) is 0 Å². The number of ether oxygens (including phenoxy) is 1. The van der Waals surface area contributed by atoms with E-state index in [2.05, 4.69) is 31.4 Å². The summed E-state index contributed by atoms with van der Waals surface area (Å²) in [6, 6.07) is 7.88. The molecule has 1 aromatic rings. The Morgan fingerprint density at radius 1 is 1.30 bits per heavy atom. The van der Waals surface area contributed by atoms with Crippen LogP contribution in [0.25, 0.3) is 0 Å². The van der Waals surface area contributed by atoms with Crippen LogP contribution in [0.2, 0.25) is 0 Å². The van der Waals surface area contributed by atoms with Crippen molar-refractivity contribution < 1.29 is 14.6 Å². The number of amides is 1. The van der Waals surface area contributed by atoms with E-state index < -0.39 is 6.09 Å². The van der Waals surface area contributed by atoms with E-state index in [0.29, 0.717) is 13.1 Å². The van der Waals surface area contributed by atoms with Crippen molar-refractivity contribution in [3.63, 3.8) is 0 Å². The largest absolute Gasteiger partial charge is 0.497 e. The number of benzene rings is 1. The third kappa shape index (κ3) is 5.48. The zero-order valence-electron chi connectivity index (χ0n) is 12.6. The predicted molar refractivity (Wildman–Crippen MR) is 79.1 cm³/mol. The van der Waals surface area contributed by atoms with Gasteiger partial charge in [0.15, 0.2) is 0 Å². The second kappa shape index (κ2) is 7.14. The maximum absolute atomic E-state index is 10.6. The molecule has 5 heteroatoms. The molecule has 1 unspecified atom stereocenters. The summed E-state index contributed by atoms with van der Waals surface area (Å²) in [5, 5.41) is 14.6. The second-order valence-corrected chi connectivity index (χ2v) is 5.83. The van der Waals surface area contributed by atoms with E-state index in [1.165, 1.54) is 0 Å². The highest BCUT2D eigenvalue weighted by atomic mass is 16.5. The lowest BCUT2D eigenvalue weighted by molar-refractivity contribution is 0.186. The summed E-state index contributed by atoms with van der Waals surface area (Å²) in [7, 11) is 1.64. The summed E-state index contributed by atoms with van der Waals surface area (Å²) in [5.41, 5.74) is 1.10. The van der Waals surface area contributed by atoms with Gasteiger partial charge in [-0.25, -0.2) is 4.79 Å².